The maximum atomic E-state index is 6.49. The Morgan fingerprint density at radius 3 is 1.60 bits per heavy atom. The third kappa shape index (κ3) is 6.23. The van der Waals surface area contributed by atoms with E-state index >= 15 is 0 Å². The van der Waals surface area contributed by atoms with Crippen molar-refractivity contribution in [3.8, 4) is 55.6 Å². The minimum Gasteiger partial charge on any atom is -0.456 e. The van der Waals surface area contributed by atoms with Crippen LogP contribution < -0.4 is 4.90 Å². The third-order valence-electron chi connectivity index (χ3n) is 11.7. The summed E-state index contributed by atoms with van der Waals surface area (Å²) in [6.07, 6.45) is 0. The number of furan rings is 1. The summed E-state index contributed by atoms with van der Waals surface area (Å²) in [5.74, 6) is 0. The van der Waals surface area contributed by atoms with Crippen LogP contribution in [0.15, 0.2) is 241 Å². The van der Waals surface area contributed by atoms with E-state index < -0.39 is 0 Å². The Balaban J connectivity index is 1.12. The van der Waals surface area contributed by atoms with Crippen LogP contribution in [0.2, 0.25) is 0 Å². The Morgan fingerprint density at radius 1 is 0.283 bits per heavy atom. The number of hydrogen-bond acceptors (Lipinski definition) is 2. The van der Waals surface area contributed by atoms with E-state index in [4.69, 9.17) is 4.42 Å². The number of para-hydroxylation sites is 2. The van der Waals surface area contributed by atoms with E-state index in [1.807, 2.05) is 6.07 Å². The lowest BCUT2D eigenvalue weighted by Gasteiger charge is -2.29. The number of rotatable bonds is 8. The van der Waals surface area contributed by atoms with Gasteiger partial charge in [0.25, 0.3) is 0 Å². The molecule has 60 heavy (non-hydrogen) atoms. The van der Waals surface area contributed by atoms with Gasteiger partial charge in [-0.05, 0) is 103 Å². The van der Waals surface area contributed by atoms with Crippen molar-refractivity contribution in [2.45, 2.75) is 0 Å². The Bertz CT molecular complexity index is 3300. The maximum Gasteiger partial charge on any atom is 0.137 e. The molecule has 0 atom stereocenters. The van der Waals surface area contributed by atoms with Crippen molar-refractivity contribution in [3.05, 3.63) is 237 Å². The molecule has 11 aromatic rings. The van der Waals surface area contributed by atoms with E-state index in [1.54, 1.807) is 0 Å². The molecule has 0 saturated carbocycles. The monoisotopic (exact) mass is 765 g/mol. The largest absolute Gasteiger partial charge is 0.456 e. The second-order valence-electron chi connectivity index (χ2n) is 15.2. The highest BCUT2D eigenvalue weighted by molar-refractivity contribution is 6.14. The first-order valence-electron chi connectivity index (χ1n) is 20.5. The van der Waals surface area contributed by atoms with Crippen molar-refractivity contribution in [3.63, 3.8) is 0 Å². The second-order valence-corrected chi connectivity index (χ2v) is 15.2. The van der Waals surface area contributed by atoms with Gasteiger partial charge in [-0.2, -0.15) is 0 Å². The molecule has 282 valence electrons. The Morgan fingerprint density at radius 2 is 0.800 bits per heavy atom. The van der Waals surface area contributed by atoms with Crippen molar-refractivity contribution < 1.29 is 4.42 Å². The number of benzene rings is 10. The fourth-order valence-corrected chi connectivity index (χ4v) is 8.91. The van der Waals surface area contributed by atoms with Crippen molar-refractivity contribution in [2.75, 3.05) is 4.90 Å². The minimum atomic E-state index is 0.856. The van der Waals surface area contributed by atoms with Gasteiger partial charge >= 0.3 is 0 Å². The zero-order valence-electron chi connectivity index (χ0n) is 32.9. The van der Waals surface area contributed by atoms with Gasteiger partial charge in [-0.15, -0.1) is 0 Å². The zero-order valence-corrected chi connectivity index (χ0v) is 32.9. The van der Waals surface area contributed by atoms with Crippen LogP contribution in [0.3, 0.4) is 0 Å². The molecule has 0 unspecified atom stereocenters. The third-order valence-corrected chi connectivity index (χ3v) is 11.7. The molecule has 0 amide bonds. The second kappa shape index (κ2) is 15.1. The molecule has 1 heterocycles. The average Bonchev–Trinajstić information content (AvgIpc) is 3.72. The van der Waals surface area contributed by atoms with Crippen LogP contribution >= 0.6 is 0 Å². The molecule has 0 N–H and O–H groups in total. The van der Waals surface area contributed by atoms with Crippen LogP contribution in [0, 0.1) is 0 Å². The fourth-order valence-electron chi connectivity index (χ4n) is 8.91. The fraction of sp³-hybridized carbons (Fsp3) is 0. The molecule has 0 saturated heterocycles. The molecule has 0 bridgehead atoms. The van der Waals surface area contributed by atoms with Gasteiger partial charge in [0, 0.05) is 16.6 Å². The van der Waals surface area contributed by atoms with Gasteiger partial charge in [-0.25, -0.2) is 0 Å². The Hall–Kier alpha value is -7.94. The average molecular weight is 766 g/mol. The molecule has 10 aromatic carbocycles. The van der Waals surface area contributed by atoms with Crippen molar-refractivity contribution >= 4 is 49.8 Å². The van der Waals surface area contributed by atoms with E-state index in [9.17, 15) is 0 Å². The van der Waals surface area contributed by atoms with Crippen LogP contribution in [0.1, 0.15) is 0 Å². The molecule has 2 nitrogen and oxygen atoms in total. The van der Waals surface area contributed by atoms with Gasteiger partial charge in [0.2, 0.25) is 0 Å². The predicted octanol–water partition coefficient (Wildman–Crippen LogP) is 16.5. The van der Waals surface area contributed by atoms with Gasteiger partial charge in [0.1, 0.15) is 11.2 Å². The highest BCUT2D eigenvalue weighted by Gasteiger charge is 2.24. The molecular weight excluding hydrogens is 727 g/mol. The van der Waals surface area contributed by atoms with E-state index in [2.05, 4.69) is 235 Å². The van der Waals surface area contributed by atoms with Crippen LogP contribution in [0.4, 0.5) is 17.1 Å². The summed E-state index contributed by atoms with van der Waals surface area (Å²) >= 11 is 0. The van der Waals surface area contributed by atoms with E-state index in [-0.39, 0.29) is 0 Å². The summed E-state index contributed by atoms with van der Waals surface area (Å²) in [4.78, 5) is 2.42. The van der Waals surface area contributed by atoms with E-state index in [0.717, 1.165) is 50.1 Å². The molecule has 2 heteroatoms. The van der Waals surface area contributed by atoms with Crippen LogP contribution in [0.5, 0.6) is 0 Å². The number of nitrogens with zero attached hydrogens (tertiary/aromatic N) is 1. The lowest BCUT2D eigenvalue weighted by molar-refractivity contribution is 0.669. The molecular formula is C58H39NO. The lowest BCUT2D eigenvalue weighted by atomic mass is 9.87. The predicted molar refractivity (Wildman–Crippen MR) is 253 cm³/mol. The summed E-state index contributed by atoms with van der Waals surface area (Å²) in [7, 11) is 0. The summed E-state index contributed by atoms with van der Waals surface area (Å²) in [5.41, 5.74) is 16.7. The SMILES string of the molecule is c1ccc(-c2ccc(-c3ccccc3-c3ccccc3N(c3ccc(-c4cccc5ccccc45)cc3)c3cccc4oc5ccccc5c34)c(-c3ccccc3)c2)cc1. The highest BCUT2D eigenvalue weighted by atomic mass is 16.3. The molecule has 0 aliphatic carbocycles. The number of fused-ring (bicyclic) bond motifs is 4. The van der Waals surface area contributed by atoms with Gasteiger partial charge in [-0.1, -0.05) is 194 Å². The van der Waals surface area contributed by atoms with Crippen LogP contribution in [-0.4, -0.2) is 0 Å². The van der Waals surface area contributed by atoms with Crippen molar-refractivity contribution in [1.82, 2.24) is 0 Å². The quantitative estimate of drug-likeness (QED) is 0.153. The molecule has 0 aliphatic heterocycles. The number of hydrogen-bond donors (Lipinski definition) is 0. The number of anilines is 3. The highest BCUT2D eigenvalue weighted by Crippen LogP contribution is 2.48. The molecule has 0 spiro atoms. The topological polar surface area (TPSA) is 16.4 Å². The molecule has 0 radical (unpaired) electrons. The van der Waals surface area contributed by atoms with Crippen LogP contribution in [0.25, 0.3) is 88.3 Å². The van der Waals surface area contributed by atoms with Crippen LogP contribution in [-0.2, 0) is 0 Å². The zero-order chi connectivity index (χ0) is 39.8. The van der Waals surface area contributed by atoms with Gasteiger partial charge < -0.3 is 9.32 Å². The smallest absolute Gasteiger partial charge is 0.137 e. The molecule has 1 aromatic heterocycles. The summed E-state index contributed by atoms with van der Waals surface area (Å²) in [6.45, 7) is 0. The maximum absolute atomic E-state index is 6.49. The van der Waals surface area contributed by atoms with Gasteiger partial charge in [-0.3, -0.25) is 0 Å². The Labute approximate surface area is 349 Å². The summed E-state index contributed by atoms with van der Waals surface area (Å²) in [5, 5.41) is 4.64. The van der Waals surface area contributed by atoms with E-state index in [1.165, 1.54) is 55.3 Å². The van der Waals surface area contributed by atoms with Crippen molar-refractivity contribution in [2.24, 2.45) is 0 Å². The lowest BCUT2D eigenvalue weighted by Crippen LogP contribution is -2.11. The van der Waals surface area contributed by atoms with Crippen molar-refractivity contribution in [1.29, 1.82) is 0 Å². The van der Waals surface area contributed by atoms with Gasteiger partial charge in [0.05, 0.1) is 16.8 Å². The summed E-state index contributed by atoms with van der Waals surface area (Å²) < 4.78 is 6.49. The summed E-state index contributed by atoms with van der Waals surface area (Å²) in [6, 6.07) is 84.9. The van der Waals surface area contributed by atoms with Gasteiger partial charge in [0.15, 0.2) is 0 Å². The molecule has 0 aliphatic rings. The first-order valence-corrected chi connectivity index (χ1v) is 20.5. The Kier molecular flexibility index (Phi) is 8.87. The first kappa shape index (κ1) is 35.2. The standard InChI is InChI=1S/C58H39NO/c1-3-17-40(18-4-1)44-35-38-50(53(39-44)42-19-5-2-6-20-42)48-24-9-10-25-49(48)51-26-11-13-29-54(51)59(55-30-16-32-57-58(55)52-27-12-14-31-56(52)60-57)45-36-33-43(34-37-45)47-28-15-22-41-21-7-8-23-46(41)47/h1-39H. The normalized spacial score (nSPS) is 11.3. The molecule has 0 fully saturated rings. The van der Waals surface area contributed by atoms with E-state index in [0.29, 0.717) is 0 Å². The minimum absolute atomic E-state index is 0.856. The first-order chi connectivity index (χ1) is 29.8. The molecule has 11 rings (SSSR count).